The van der Waals surface area contributed by atoms with Crippen molar-refractivity contribution >= 4 is 7.82 Å². The molecule has 0 aliphatic rings. The van der Waals surface area contributed by atoms with Crippen LogP contribution >= 0.6 is 7.82 Å². The van der Waals surface area contributed by atoms with E-state index < -0.39 is 7.82 Å². The molecule has 2 unspecified atom stereocenters. The van der Waals surface area contributed by atoms with E-state index >= 15 is 0 Å². The first-order valence-corrected chi connectivity index (χ1v) is 22.2. The highest BCUT2D eigenvalue weighted by Crippen LogP contribution is 2.26. The van der Waals surface area contributed by atoms with E-state index in [2.05, 4.69) is 27.7 Å². The van der Waals surface area contributed by atoms with Gasteiger partial charge in [0.15, 0.2) is 0 Å². The van der Waals surface area contributed by atoms with Crippen LogP contribution in [0.5, 0.6) is 0 Å². The van der Waals surface area contributed by atoms with E-state index in [1.807, 2.05) is 0 Å². The molecule has 6 heteroatoms. The highest BCUT2D eigenvalue weighted by Gasteiger charge is 2.13. The molecule has 2 atom stereocenters. The number of hydrogen-bond donors (Lipinski definition) is 3. The topological polar surface area (TPSA) is 87.0 Å². The number of phosphoric acid groups is 1. The Kier molecular flexibility index (Phi) is 41.4. The largest absolute Gasteiger partial charge is 0.466 e. The first-order valence-electron chi connectivity index (χ1n) is 20.6. The summed E-state index contributed by atoms with van der Waals surface area (Å²) in [6.07, 6.45) is 45.6. The first-order chi connectivity index (χ1) is 22.3. The normalized spacial score (nSPS) is 13.0. The molecule has 0 radical (unpaired) electrons. The van der Waals surface area contributed by atoms with E-state index in [0.717, 1.165) is 25.0 Å². The molecular weight excluding hydrogens is 591 g/mol. The zero-order chi connectivity index (χ0) is 34.4. The van der Waals surface area contributed by atoms with E-state index in [1.165, 1.54) is 205 Å². The van der Waals surface area contributed by atoms with Crippen molar-refractivity contribution in [3.05, 3.63) is 0 Å². The van der Waals surface area contributed by atoms with Gasteiger partial charge in [0.05, 0.1) is 0 Å². The second-order valence-corrected chi connectivity index (χ2v) is 15.4. The van der Waals surface area contributed by atoms with E-state index in [4.69, 9.17) is 24.0 Å². The lowest BCUT2D eigenvalue weighted by molar-refractivity contribution is 0.0587. The van der Waals surface area contributed by atoms with Crippen LogP contribution in [0.2, 0.25) is 0 Å². The molecule has 0 rings (SSSR count). The minimum Gasteiger partial charge on any atom is -0.381 e. The van der Waals surface area contributed by atoms with Crippen molar-refractivity contribution in [3.63, 3.8) is 0 Å². The molecule has 0 aromatic carbocycles. The van der Waals surface area contributed by atoms with Crippen molar-refractivity contribution in [2.45, 2.75) is 233 Å². The monoisotopic (exact) mass is 677 g/mol. The molecule has 0 aliphatic carbocycles. The van der Waals surface area contributed by atoms with Crippen LogP contribution in [0.1, 0.15) is 233 Å². The quantitative estimate of drug-likeness (QED) is 0.0454. The van der Waals surface area contributed by atoms with Crippen LogP contribution in [0, 0.1) is 11.8 Å². The molecule has 0 saturated carbocycles. The van der Waals surface area contributed by atoms with Gasteiger partial charge < -0.3 is 19.4 Å². The molecule has 0 aromatic heterocycles. The van der Waals surface area contributed by atoms with Gasteiger partial charge in [-0.05, 0) is 37.5 Å². The molecule has 0 heterocycles. The summed E-state index contributed by atoms with van der Waals surface area (Å²) in [5, 5.41) is 0. The van der Waals surface area contributed by atoms with Gasteiger partial charge in [-0.15, -0.1) is 0 Å². The van der Waals surface area contributed by atoms with Gasteiger partial charge >= 0.3 is 7.82 Å². The Morgan fingerprint density at radius 1 is 0.370 bits per heavy atom. The van der Waals surface area contributed by atoms with E-state index in [9.17, 15) is 0 Å². The lowest BCUT2D eigenvalue weighted by Crippen LogP contribution is -2.16. The van der Waals surface area contributed by atoms with Crippen molar-refractivity contribution in [2.75, 3.05) is 13.2 Å². The van der Waals surface area contributed by atoms with Gasteiger partial charge in [0, 0.05) is 13.2 Å². The number of ether oxygens (including phenoxy) is 1. The Hall–Kier alpha value is 0.0700. The number of unbranched alkanes of at least 4 members (excludes halogenated alkanes) is 24. The summed E-state index contributed by atoms with van der Waals surface area (Å²) in [6.45, 7) is 11.4. The smallest absolute Gasteiger partial charge is 0.381 e. The summed E-state index contributed by atoms with van der Waals surface area (Å²) in [7, 11) is -4.64. The summed E-state index contributed by atoms with van der Waals surface area (Å²) < 4.78 is 15.5. The molecule has 3 N–H and O–H groups in total. The number of rotatable bonds is 36. The Labute approximate surface area is 289 Å². The Morgan fingerprint density at radius 3 is 0.739 bits per heavy atom. The molecule has 0 bridgehead atoms. The van der Waals surface area contributed by atoms with Gasteiger partial charge in [0.1, 0.15) is 0 Å². The summed E-state index contributed by atoms with van der Waals surface area (Å²) in [6, 6.07) is 0. The fourth-order valence-corrected chi connectivity index (χ4v) is 6.58. The molecule has 5 nitrogen and oxygen atoms in total. The fraction of sp³-hybridized carbons (Fsp3) is 1.00. The lowest BCUT2D eigenvalue weighted by Gasteiger charge is -2.21. The van der Waals surface area contributed by atoms with Gasteiger partial charge in [-0.25, -0.2) is 4.57 Å². The standard InChI is InChI=1S/C40H82O.H3O4P/c1-5-9-13-17-21-23-27-31-35-39(33-29-25-19-15-11-7-3)37-41-38-40(34-30-26-20-16-12-8-4)36-32-28-24-22-18-14-10-6-2;1-5(2,3)4/h39-40H,5-38H2,1-4H3;(H3,1,2,3,4). The van der Waals surface area contributed by atoms with Gasteiger partial charge in [0.25, 0.3) is 0 Å². The van der Waals surface area contributed by atoms with Crippen molar-refractivity contribution < 1.29 is 24.0 Å². The molecule has 0 saturated heterocycles. The Balaban J connectivity index is 0. The third-order valence-corrected chi connectivity index (χ3v) is 9.57. The van der Waals surface area contributed by atoms with Crippen molar-refractivity contribution in [3.8, 4) is 0 Å². The van der Waals surface area contributed by atoms with Gasteiger partial charge in [-0.3, -0.25) is 0 Å². The van der Waals surface area contributed by atoms with Gasteiger partial charge in [-0.2, -0.15) is 0 Å². The van der Waals surface area contributed by atoms with Crippen LogP contribution in [0.3, 0.4) is 0 Å². The zero-order valence-electron chi connectivity index (χ0n) is 31.8. The minimum absolute atomic E-state index is 0.805. The second-order valence-electron chi connectivity index (χ2n) is 14.4. The average molecular weight is 677 g/mol. The molecule has 0 aromatic rings. The first kappa shape index (κ1) is 48.2. The van der Waals surface area contributed by atoms with E-state index in [-0.39, 0.29) is 0 Å². The third-order valence-electron chi connectivity index (χ3n) is 9.57. The predicted molar refractivity (Wildman–Crippen MR) is 203 cm³/mol. The highest BCUT2D eigenvalue weighted by molar-refractivity contribution is 7.45. The lowest BCUT2D eigenvalue weighted by atomic mass is 9.93. The SMILES string of the molecule is CCCCCCCCCCC(CCCCCCCC)COCC(CCCCCCCC)CCCCCCCCCC.O=P(O)(O)O. The second kappa shape index (κ2) is 39.5. The fourth-order valence-electron chi connectivity index (χ4n) is 6.58. The highest BCUT2D eigenvalue weighted by atomic mass is 31.2. The van der Waals surface area contributed by atoms with Crippen LogP contribution in [0.25, 0.3) is 0 Å². The average Bonchev–Trinajstić information content (AvgIpc) is 3.01. The molecule has 0 amide bonds. The van der Waals surface area contributed by atoms with Crippen LogP contribution in [0.4, 0.5) is 0 Å². The zero-order valence-corrected chi connectivity index (χ0v) is 32.7. The van der Waals surface area contributed by atoms with Crippen LogP contribution < -0.4 is 0 Å². The minimum atomic E-state index is -4.64. The van der Waals surface area contributed by atoms with Crippen LogP contribution in [0.15, 0.2) is 0 Å². The maximum atomic E-state index is 8.88. The van der Waals surface area contributed by atoms with E-state index in [0.29, 0.717) is 0 Å². The summed E-state index contributed by atoms with van der Waals surface area (Å²) in [5.41, 5.74) is 0. The maximum absolute atomic E-state index is 8.88. The van der Waals surface area contributed by atoms with Crippen molar-refractivity contribution in [1.29, 1.82) is 0 Å². The number of hydrogen-bond acceptors (Lipinski definition) is 2. The maximum Gasteiger partial charge on any atom is 0.466 e. The summed E-state index contributed by atoms with van der Waals surface area (Å²) in [5.74, 6) is 1.61. The molecule has 0 spiro atoms. The summed E-state index contributed by atoms with van der Waals surface area (Å²) >= 11 is 0. The molecule has 0 aliphatic heterocycles. The van der Waals surface area contributed by atoms with Gasteiger partial charge in [0.2, 0.25) is 0 Å². The molecule has 280 valence electrons. The van der Waals surface area contributed by atoms with Crippen molar-refractivity contribution in [2.24, 2.45) is 11.8 Å². The Morgan fingerprint density at radius 2 is 0.543 bits per heavy atom. The molecule has 0 fully saturated rings. The predicted octanol–water partition coefficient (Wildman–Crippen LogP) is 13.9. The van der Waals surface area contributed by atoms with Crippen LogP contribution in [-0.4, -0.2) is 27.9 Å². The summed E-state index contributed by atoms with van der Waals surface area (Å²) in [4.78, 5) is 21.6. The molecular formula is C40H85O5P. The van der Waals surface area contributed by atoms with Crippen LogP contribution in [-0.2, 0) is 9.30 Å². The third kappa shape index (κ3) is 46.2. The van der Waals surface area contributed by atoms with Gasteiger partial charge in [-0.1, -0.05) is 207 Å². The van der Waals surface area contributed by atoms with Crippen molar-refractivity contribution in [1.82, 2.24) is 0 Å². The Bertz CT molecular complexity index is 548. The van der Waals surface area contributed by atoms with E-state index in [1.54, 1.807) is 0 Å². The molecule has 46 heavy (non-hydrogen) atoms.